The molecule has 0 bridgehead atoms. The lowest BCUT2D eigenvalue weighted by Crippen LogP contribution is -2.74. The third-order valence-electron chi connectivity index (χ3n) is 8.03. The van der Waals surface area contributed by atoms with Crippen LogP contribution in [0.4, 0.5) is 10.5 Å². The van der Waals surface area contributed by atoms with Gasteiger partial charge in [-0.25, -0.2) is 4.90 Å². The van der Waals surface area contributed by atoms with Gasteiger partial charge in [0.25, 0.3) is 0 Å². The van der Waals surface area contributed by atoms with Gasteiger partial charge in [-0.2, -0.15) is 31.2 Å². The molecular weight excluding hydrogens is 517 g/mol. The molecule has 212 valence electrons. The minimum absolute atomic E-state index is 0.0126. The maximum atomic E-state index is 12.1. The van der Waals surface area contributed by atoms with Gasteiger partial charge >= 0.3 is 6.03 Å². The molecule has 6 heteroatoms. The normalized spacial score (nSPS) is 13.0. The molecule has 2 heterocycles. The van der Waals surface area contributed by atoms with Gasteiger partial charge in [0, 0.05) is 31.9 Å². The van der Waals surface area contributed by atoms with Crippen molar-refractivity contribution < 1.29 is 14.1 Å². The van der Waals surface area contributed by atoms with E-state index in [1.807, 2.05) is 31.1 Å². The molecule has 0 unspecified atom stereocenters. The Morgan fingerprint density at radius 1 is 0.619 bits per heavy atom. The highest BCUT2D eigenvalue weighted by atomic mass is 16.5. The van der Waals surface area contributed by atoms with Crippen molar-refractivity contribution in [1.29, 1.82) is 0 Å². The number of amides is 1. The second kappa shape index (κ2) is 13.8. The molecule has 5 nitrogen and oxygen atoms in total. The maximum absolute atomic E-state index is 12.1. The number of hydrogen-bond acceptors (Lipinski definition) is 3. The number of ether oxygens (including phenoxy) is 1. The van der Waals surface area contributed by atoms with E-state index in [2.05, 4.69) is 121 Å². The summed E-state index contributed by atoms with van der Waals surface area (Å²) in [6, 6.07) is 47.4. The lowest BCUT2D eigenvalue weighted by molar-refractivity contribution is -0.578. The van der Waals surface area contributed by atoms with Gasteiger partial charge in [0.15, 0.2) is 0 Å². The molecule has 1 aliphatic heterocycles. The van der Waals surface area contributed by atoms with Crippen LogP contribution in [0.1, 0.15) is 0 Å². The Labute approximate surface area is 249 Å². The highest BCUT2D eigenvalue weighted by Gasteiger charge is 2.31. The molecule has 0 radical (unpaired) electrons. The maximum Gasteiger partial charge on any atom is 0.498 e. The molecular formula is C36H38BN3O2. The number of carbonyl (C=O) groups is 1. The molecule has 0 saturated carbocycles. The highest BCUT2D eigenvalue weighted by Crippen LogP contribution is 2.09. The summed E-state index contributed by atoms with van der Waals surface area (Å²) in [6.07, 6.45) is 2.38. The monoisotopic (exact) mass is 555 g/mol. The number of aromatic nitrogens is 1. The summed E-state index contributed by atoms with van der Waals surface area (Å²) >= 11 is 0. The van der Waals surface area contributed by atoms with Crippen LogP contribution in [-0.4, -0.2) is 57.5 Å². The van der Waals surface area contributed by atoms with Gasteiger partial charge in [-0.1, -0.05) is 121 Å². The molecule has 1 amide bonds. The zero-order valence-corrected chi connectivity index (χ0v) is 24.4. The lowest BCUT2D eigenvalue weighted by Gasteiger charge is -2.44. The molecule has 0 aliphatic carbocycles. The molecule has 0 atom stereocenters. The van der Waals surface area contributed by atoms with E-state index in [-0.39, 0.29) is 6.03 Å². The van der Waals surface area contributed by atoms with Crippen molar-refractivity contribution in [1.82, 2.24) is 4.90 Å². The van der Waals surface area contributed by atoms with E-state index in [4.69, 9.17) is 4.74 Å². The predicted molar refractivity (Wildman–Crippen MR) is 174 cm³/mol. The van der Waals surface area contributed by atoms with Crippen LogP contribution in [-0.2, 0) is 4.74 Å². The van der Waals surface area contributed by atoms with E-state index in [1.165, 1.54) is 21.9 Å². The molecule has 1 aromatic heterocycles. The Morgan fingerprint density at radius 2 is 0.976 bits per heavy atom. The van der Waals surface area contributed by atoms with Crippen LogP contribution < -0.4 is 31.3 Å². The average Bonchev–Trinajstić information content (AvgIpc) is 3.07. The summed E-state index contributed by atoms with van der Waals surface area (Å²) in [7, 11) is 3.95. The van der Waals surface area contributed by atoms with Crippen molar-refractivity contribution in [3.05, 3.63) is 146 Å². The van der Waals surface area contributed by atoms with Crippen molar-refractivity contribution in [2.45, 2.75) is 0 Å². The fourth-order valence-electron chi connectivity index (χ4n) is 5.88. The zero-order chi connectivity index (χ0) is 29.2. The Bertz CT molecular complexity index is 1360. The number of hydrogen-bond donors (Lipinski definition) is 0. The second-order valence-electron chi connectivity index (χ2n) is 10.7. The summed E-state index contributed by atoms with van der Waals surface area (Å²) in [4.78, 5) is 15.9. The summed E-state index contributed by atoms with van der Waals surface area (Å²) in [5, 5.41) is 0. The first-order valence-corrected chi connectivity index (χ1v) is 14.5. The van der Waals surface area contributed by atoms with Gasteiger partial charge < -0.3 is 9.64 Å². The average molecular weight is 556 g/mol. The minimum atomic E-state index is -1.22. The predicted octanol–water partition coefficient (Wildman–Crippen LogP) is 3.40. The molecule has 0 N–H and O–H groups in total. The van der Waals surface area contributed by atoms with Gasteiger partial charge in [0.2, 0.25) is 0 Å². The Kier molecular flexibility index (Phi) is 9.47. The minimum Gasteiger partial charge on any atom is -0.377 e. The number of carbonyl (C=O) groups excluding carboxylic acids is 1. The largest absolute Gasteiger partial charge is 0.498 e. The molecule has 1 aliphatic rings. The van der Waals surface area contributed by atoms with Crippen molar-refractivity contribution in [2.75, 3.05) is 45.3 Å². The smallest absolute Gasteiger partial charge is 0.377 e. The number of benzene rings is 4. The zero-order valence-electron chi connectivity index (χ0n) is 24.4. The number of pyridine rings is 1. The van der Waals surface area contributed by atoms with Gasteiger partial charge in [-0.15, -0.1) is 0 Å². The first-order chi connectivity index (χ1) is 20.6. The number of rotatable bonds is 5. The fraction of sp³-hybridized carbons (Fsp3) is 0.167. The number of nitrogens with zero attached hydrogens (tertiary/aromatic N) is 3. The summed E-state index contributed by atoms with van der Waals surface area (Å²) in [5.41, 5.74) is 6.44. The SMILES string of the molecule is CN(C)c1cc[n+](C(=O)N2CCOCC2)cc1.c1ccc([B-](c2ccccc2)(c2ccccc2)c2ccccc2)cc1. The topological polar surface area (TPSA) is 36.7 Å². The lowest BCUT2D eigenvalue weighted by atomic mass is 9.13. The molecule has 1 fully saturated rings. The number of morpholine rings is 1. The molecule has 0 spiro atoms. The van der Waals surface area contributed by atoms with Crippen molar-refractivity contribution >= 4 is 39.7 Å². The van der Waals surface area contributed by atoms with Crippen LogP contribution in [0, 0.1) is 0 Å². The van der Waals surface area contributed by atoms with Crippen molar-refractivity contribution in [3.8, 4) is 0 Å². The number of anilines is 1. The van der Waals surface area contributed by atoms with E-state index in [1.54, 1.807) is 21.9 Å². The first-order valence-electron chi connectivity index (χ1n) is 14.5. The van der Waals surface area contributed by atoms with Crippen molar-refractivity contribution in [2.24, 2.45) is 0 Å². The fourth-order valence-corrected chi connectivity index (χ4v) is 5.88. The second-order valence-corrected chi connectivity index (χ2v) is 10.7. The van der Waals surface area contributed by atoms with Crippen LogP contribution in [0.3, 0.4) is 0 Å². The van der Waals surface area contributed by atoms with Crippen molar-refractivity contribution in [3.63, 3.8) is 0 Å². The van der Waals surface area contributed by atoms with E-state index >= 15 is 0 Å². The quantitative estimate of drug-likeness (QED) is 0.247. The molecule has 4 aromatic carbocycles. The highest BCUT2D eigenvalue weighted by molar-refractivity contribution is 7.19. The van der Waals surface area contributed by atoms with Crippen LogP contribution >= 0.6 is 0 Å². The summed E-state index contributed by atoms with van der Waals surface area (Å²) in [6.45, 7) is 2.59. The van der Waals surface area contributed by atoms with Crippen LogP contribution in [0.25, 0.3) is 0 Å². The van der Waals surface area contributed by atoms with Gasteiger partial charge in [0.05, 0.1) is 13.2 Å². The van der Waals surface area contributed by atoms with E-state index in [9.17, 15) is 4.79 Å². The van der Waals surface area contributed by atoms with Gasteiger partial charge in [-0.3, -0.25) is 0 Å². The van der Waals surface area contributed by atoms with Crippen LogP contribution in [0.15, 0.2) is 146 Å². The Morgan fingerprint density at radius 3 is 1.31 bits per heavy atom. The van der Waals surface area contributed by atoms with E-state index in [0.29, 0.717) is 26.3 Å². The molecule has 1 saturated heterocycles. The first kappa shape index (κ1) is 28.8. The van der Waals surface area contributed by atoms with Crippen LogP contribution in [0.5, 0.6) is 0 Å². The Hall–Kier alpha value is -4.68. The summed E-state index contributed by atoms with van der Waals surface area (Å²) < 4.78 is 6.84. The molecule has 42 heavy (non-hydrogen) atoms. The van der Waals surface area contributed by atoms with Gasteiger partial charge in [-0.05, 0) is 0 Å². The van der Waals surface area contributed by atoms with E-state index < -0.39 is 6.15 Å². The third kappa shape index (κ3) is 6.29. The standard InChI is InChI=1S/C24H20B.C12H18N3O2/c1-5-13-21(14-6-1)25(22-15-7-2-8-16-22,23-17-9-3-10-18-23)24-19-11-4-12-20-24;1-13(2)11-3-5-14(6-4-11)12(16)15-7-9-17-10-8-15/h1-20H;3-6H,7-10H2,1-2H3/q-1;+1. The summed E-state index contributed by atoms with van der Waals surface area (Å²) in [5.74, 6) is 0. The van der Waals surface area contributed by atoms with Gasteiger partial charge in [0.1, 0.15) is 31.6 Å². The molecule has 6 rings (SSSR count). The van der Waals surface area contributed by atoms with Crippen LogP contribution in [0.2, 0.25) is 0 Å². The Balaban J connectivity index is 0.000000181. The third-order valence-corrected chi connectivity index (χ3v) is 8.03. The molecule has 5 aromatic rings. The van der Waals surface area contributed by atoms with E-state index in [0.717, 1.165) is 5.69 Å².